The van der Waals surface area contributed by atoms with Crippen molar-refractivity contribution in [3.8, 4) is 0 Å². The van der Waals surface area contributed by atoms with E-state index < -0.39 is 9.84 Å². The SMILES string of the molecule is CS(=O)(=O)c1ccc(SCC(=O)C2CCOC2)cc1. The second kappa shape index (κ2) is 6.07. The summed E-state index contributed by atoms with van der Waals surface area (Å²) in [6, 6.07) is 6.61. The molecule has 0 radical (unpaired) electrons. The fourth-order valence-corrected chi connectivity index (χ4v) is 3.35. The maximum Gasteiger partial charge on any atom is 0.175 e. The van der Waals surface area contributed by atoms with Crippen LogP contribution in [-0.2, 0) is 19.4 Å². The molecule has 6 heteroatoms. The molecule has 0 saturated carbocycles. The smallest absolute Gasteiger partial charge is 0.175 e. The number of hydrogen-bond acceptors (Lipinski definition) is 5. The van der Waals surface area contributed by atoms with E-state index in [-0.39, 0.29) is 11.7 Å². The first-order valence-corrected chi connectivity index (χ1v) is 8.88. The van der Waals surface area contributed by atoms with Crippen LogP contribution >= 0.6 is 11.8 Å². The first-order chi connectivity index (χ1) is 8.97. The molecule has 1 unspecified atom stereocenters. The largest absolute Gasteiger partial charge is 0.381 e. The Balaban J connectivity index is 1.91. The number of ketones is 1. The lowest BCUT2D eigenvalue weighted by Gasteiger charge is -2.06. The molecule has 0 spiro atoms. The zero-order valence-electron chi connectivity index (χ0n) is 10.7. The highest BCUT2D eigenvalue weighted by molar-refractivity contribution is 8.00. The minimum absolute atomic E-state index is 0.0304. The van der Waals surface area contributed by atoms with Gasteiger partial charge in [0, 0.05) is 23.7 Å². The Morgan fingerprint density at radius 2 is 2.05 bits per heavy atom. The van der Waals surface area contributed by atoms with Gasteiger partial charge < -0.3 is 4.74 Å². The second-order valence-corrected chi connectivity index (χ2v) is 7.62. The van der Waals surface area contributed by atoms with Crippen molar-refractivity contribution >= 4 is 27.4 Å². The molecule has 19 heavy (non-hydrogen) atoms. The molecule has 1 aromatic carbocycles. The average Bonchev–Trinajstić information content (AvgIpc) is 2.89. The Morgan fingerprint density at radius 1 is 1.37 bits per heavy atom. The summed E-state index contributed by atoms with van der Waals surface area (Å²) in [4.78, 5) is 13.0. The molecule has 0 N–H and O–H groups in total. The maximum absolute atomic E-state index is 11.8. The third kappa shape index (κ3) is 4.06. The standard InChI is InChI=1S/C13H16O4S2/c1-19(15,16)12-4-2-11(3-5-12)18-9-13(14)10-6-7-17-8-10/h2-5,10H,6-9H2,1H3. The lowest BCUT2D eigenvalue weighted by molar-refractivity contribution is -0.120. The van der Waals surface area contributed by atoms with E-state index in [2.05, 4.69) is 0 Å². The molecule has 0 aromatic heterocycles. The van der Waals surface area contributed by atoms with E-state index in [4.69, 9.17) is 4.74 Å². The van der Waals surface area contributed by atoms with E-state index in [0.29, 0.717) is 23.9 Å². The molecule has 2 rings (SSSR count). The highest BCUT2D eigenvalue weighted by Crippen LogP contribution is 2.23. The van der Waals surface area contributed by atoms with Gasteiger partial charge in [0.25, 0.3) is 0 Å². The van der Waals surface area contributed by atoms with Crippen molar-refractivity contribution < 1.29 is 17.9 Å². The van der Waals surface area contributed by atoms with E-state index in [0.717, 1.165) is 11.3 Å². The lowest BCUT2D eigenvalue weighted by Crippen LogP contribution is -2.16. The van der Waals surface area contributed by atoms with E-state index in [1.54, 1.807) is 24.3 Å². The second-order valence-electron chi connectivity index (χ2n) is 4.56. The predicted molar refractivity (Wildman–Crippen MR) is 74.2 cm³/mol. The number of rotatable bonds is 5. The van der Waals surface area contributed by atoms with Crippen LogP contribution in [0.1, 0.15) is 6.42 Å². The normalized spacial score (nSPS) is 19.5. The monoisotopic (exact) mass is 300 g/mol. The van der Waals surface area contributed by atoms with Crippen molar-refractivity contribution in [1.29, 1.82) is 0 Å². The van der Waals surface area contributed by atoms with Gasteiger partial charge in [-0.05, 0) is 30.7 Å². The summed E-state index contributed by atoms with van der Waals surface area (Å²) in [5.41, 5.74) is 0. The number of sulfone groups is 1. The summed E-state index contributed by atoms with van der Waals surface area (Å²) in [6.07, 6.45) is 1.99. The van der Waals surface area contributed by atoms with Crippen LogP contribution in [0.3, 0.4) is 0 Å². The number of carbonyl (C=O) groups is 1. The van der Waals surface area contributed by atoms with Crippen molar-refractivity contribution in [2.45, 2.75) is 16.2 Å². The molecule has 0 bridgehead atoms. The van der Waals surface area contributed by atoms with Gasteiger partial charge in [0.1, 0.15) is 5.78 Å². The predicted octanol–water partition coefficient (Wildman–Crippen LogP) is 1.79. The molecule has 1 aromatic rings. The summed E-state index contributed by atoms with van der Waals surface area (Å²) < 4.78 is 27.8. The van der Waals surface area contributed by atoms with Crippen molar-refractivity contribution in [3.05, 3.63) is 24.3 Å². The number of hydrogen-bond donors (Lipinski definition) is 0. The zero-order chi connectivity index (χ0) is 13.9. The van der Waals surface area contributed by atoms with Crippen LogP contribution in [0.5, 0.6) is 0 Å². The van der Waals surface area contributed by atoms with E-state index in [1.807, 2.05) is 0 Å². The quantitative estimate of drug-likeness (QED) is 0.776. The maximum atomic E-state index is 11.8. The van der Waals surface area contributed by atoms with Crippen LogP contribution in [0.15, 0.2) is 34.1 Å². The minimum Gasteiger partial charge on any atom is -0.381 e. The molecular formula is C13H16O4S2. The van der Waals surface area contributed by atoms with Crippen LogP contribution in [-0.4, -0.2) is 39.4 Å². The lowest BCUT2D eigenvalue weighted by atomic mass is 10.1. The molecule has 1 aliphatic heterocycles. The molecule has 1 atom stereocenters. The van der Waals surface area contributed by atoms with Crippen molar-refractivity contribution in [2.24, 2.45) is 5.92 Å². The number of carbonyl (C=O) groups excluding carboxylic acids is 1. The van der Waals surface area contributed by atoms with E-state index in [9.17, 15) is 13.2 Å². The van der Waals surface area contributed by atoms with Crippen LogP contribution < -0.4 is 0 Å². The fourth-order valence-electron chi connectivity index (χ4n) is 1.84. The molecule has 0 amide bonds. The molecule has 1 aliphatic rings. The molecular weight excluding hydrogens is 284 g/mol. The molecule has 104 valence electrons. The number of benzene rings is 1. The first-order valence-electron chi connectivity index (χ1n) is 6.00. The van der Waals surface area contributed by atoms with Gasteiger partial charge in [-0.2, -0.15) is 0 Å². The molecule has 0 aliphatic carbocycles. The first kappa shape index (κ1) is 14.6. The van der Waals surface area contributed by atoms with Crippen molar-refractivity contribution in [2.75, 3.05) is 25.2 Å². The number of ether oxygens (including phenoxy) is 1. The van der Waals surface area contributed by atoms with Crippen molar-refractivity contribution in [3.63, 3.8) is 0 Å². The van der Waals surface area contributed by atoms with Crippen LogP contribution in [0.25, 0.3) is 0 Å². The molecule has 1 heterocycles. The highest BCUT2D eigenvalue weighted by Gasteiger charge is 2.23. The summed E-state index contributed by atoms with van der Waals surface area (Å²) in [5.74, 6) is 0.643. The van der Waals surface area contributed by atoms with Crippen molar-refractivity contribution in [1.82, 2.24) is 0 Å². The van der Waals surface area contributed by atoms with E-state index >= 15 is 0 Å². The number of thioether (sulfide) groups is 1. The Hall–Kier alpha value is -0.850. The van der Waals surface area contributed by atoms with Crippen LogP contribution in [0.2, 0.25) is 0 Å². The summed E-state index contributed by atoms with van der Waals surface area (Å²) >= 11 is 1.43. The average molecular weight is 300 g/mol. The Kier molecular flexibility index (Phi) is 4.65. The Morgan fingerprint density at radius 3 is 2.58 bits per heavy atom. The van der Waals surface area contributed by atoms with Gasteiger partial charge in [-0.15, -0.1) is 11.8 Å². The molecule has 1 saturated heterocycles. The van der Waals surface area contributed by atoms with Gasteiger partial charge in [-0.25, -0.2) is 8.42 Å². The van der Waals surface area contributed by atoms with E-state index in [1.165, 1.54) is 18.0 Å². The third-order valence-electron chi connectivity index (χ3n) is 3.02. The Labute approximate surface area is 117 Å². The fraction of sp³-hybridized carbons (Fsp3) is 0.462. The van der Waals surface area contributed by atoms with Gasteiger partial charge in [-0.1, -0.05) is 0 Å². The van der Waals surface area contributed by atoms with Gasteiger partial charge in [0.05, 0.1) is 17.3 Å². The zero-order valence-corrected chi connectivity index (χ0v) is 12.3. The number of Topliss-reactive ketones (excluding diaryl/α,β-unsaturated/α-hetero) is 1. The summed E-state index contributed by atoms with van der Waals surface area (Å²) in [6.45, 7) is 1.20. The van der Waals surface area contributed by atoms with Gasteiger partial charge in [0.15, 0.2) is 9.84 Å². The van der Waals surface area contributed by atoms with Crippen LogP contribution in [0.4, 0.5) is 0 Å². The molecule has 4 nitrogen and oxygen atoms in total. The van der Waals surface area contributed by atoms with Gasteiger partial charge in [-0.3, -0.25) is 4.79 Å². The van der Waals surface area contributed by atoms with Gasteiger partial charge >= 0.3 is 0 Å². The minimum atomic E-state index is -3.16. The Bertz CT molecular complexity index is 543. The molecule has 1 fully saturated rings. The van der Waals surface area contributed by atoms with Gasteiger partial charge in [0.2, 0.25) is 0 Å². The summed E-state index contributed by atoms with van der Waals surface area (Å²) in [7, 11) is -3.16. The highest BCUT2D eigenvalue weighted by atomic mass is 32.2. The topological polar surface area (TPSA) is 60.4 Å². The third-order valence-corrected chi connectivity index (χ3v) is 5.18. The summed E-state index contributed by atoms with van der Waals surface area (Å²) in [5, 5.41) is 0. The van der Waals surface area contributed by atoms with Crippen LogP contribution in [0, 0.1) is 5.92 Å².